The second-order valence-electron chi connectivity index (χ2n) is 19.7. The molecule has 2 unspecified atom stereocenters. The van der Waals surface area contributed by atoms with Crippen molar-refractivity contribution >= 4 is 41.1 Å². The van der Waals surface area contributed by atoms with Crippen LogP contribution in [0.3, 0.4) is 0 Å². The lowest BCUT2D eigenvalue weighted by Crippen LogP contribution is -2.41. The maximum absolute atomic E-state index is 12.5. The lowest BCUT2D eigenvalue weighted by Gasteiger charge is -2.32. The van der Waals surface area contributed by atoms with Crippen LogP contribution in [0.5, 0.6) is 11.5 Å². The number of carbonyl (C=O) groups excluding carboxylic acids is 1. The van der Waals surface area contributed by atoms with Crippen molar-refractivity contribution in [3.05, 3.63) is 87.3 Å². The van der Waals surface area contributed by atoms with Gasteiger partial charge in [0.1, 0.15) is 16.1 Å². The van der Waals surface area contributed by atoms with E-state index >= 15 is 0 Å². The first-order valence-corrected chi connectivity index (χ1v) is 23.7. The predicted molar refractivity (Wildman–Crippen MR) is 265 cm³/mol. The summed E-state index contributed by atoms with van der Waals surface area (Å²) in [4.78, 5) is 24.7. The number of fused-ring (bicyclic) bond motifs is 2. The lowest BCUT2D eigenvalue weighted by atomic mass is 9.90. The molecule has 0 aliphatic carbocycles. The van der Waals surface area contributed by atoms with Crippen LogP contribution >= 0.6 is 15.9 Å². The highest BCUT2D eigenvalue weighted by Gasteiger charge is 2.50. The topological polar surface area (TPSA) is 155 Å². The molecule has 1 fully saturated rings. The Bertz CT molecular complexity index is 2430. The maximum Gasteiger partial charge on any atom is 0.486 e. The number of esters is 1. The van der Waals surface area contributed by atoms with E-state index in [1.165, 1.54) is 7.11 Å². The van der Waals surface area contributed by atoms with Crippen LogP contribution in [-0.2, 0) is 60.0 Å². The zero-order valence-corrected chi connectivity index (χ0v) is 43.6. The van der Waals surface area contributed by atoms with Gasteiger partial charge in [0.25, 0.3) is 0 Å². The van der Waals surface area contributed by atoms with Gasteiger partial charge in [-0.3, -0.25) is 9.36 Å². The van der Waals surface area contributed by atoms with Crippen LogP contribution in [0.1, 0.15) is 136 Å². The first-order chi connectivity index (χ1) is 31.3. The summed E-state index contributed by atoms with van der Waals surface area (Å²) in [5.41, 5.74) is 6.12. The number of carbonyl (C=O) groups is 2. The minimum absolute atomic E-state index is 0.181. The first-order valence-electron chi connectivity index (χ1n) is 22.9. The zero-order valence-electron chi connectivity index (χ0n) is 42.0. The second-order valence-corrected chi connectivity index (χ2v) is 20.5. The van der Waals surface area contributed by atoms with E-state index in [0.717, 1.165) is 89.5 Å². The zero-order chi connectivity index (χ0) is 49.6. The van der Waals surface area contributed by atoms with Gasteiger partial charge >= 0.3 is 19.1 Å². The fourth-order valence-corrected chi connectivity index (χ4v) is 8.58. The van der Waals surface area contributed by atoms with Gasteiger partial charge in [0.2, 0.25) is 0 Å². The smallest absolute Gasteiger partial charge is 0.486 e. The Kier molecular flexibility index (Phi) is 17.2. The van der Waals surface area contributed by atoms with Crippen molar-refractivity contribution in [3.8, 4) is 33.8 Å². The highest BCUT2D eigenvalue weighted by atomic mass is 79.9. The molecule has 7 rings (SSSR count). The van der Waals surface area contributed by atoms with E-state index in [-0.39, 0.29) is 18.3 Å². The molecule has 14 nitrogen and oxygen atoms in total. The minimum Gasteiger partial charge on any atom is -0.493 e. The van der Waals surface area contributed by atoms with Crippen LogP contribution in [0, 0.1) is 0 Å². The minimum atomic E-state index is -1.13. The molecule has 2 atom stereocenters. The van der Waals surface area contributed by atoms with Crippen LogP contribution in [0.4, 0.5) is 0 Å². The average Bonchev–Trinajstić information content (AvgIpc) is 3.81. The molecule has 5 heterocycles. The molecule has 0 radical (unpaired) electrons. The third kappa shape index (κ3) is 13.1. The molecule has 0 amide bonds. The van der Waals surface area contributed by atoms with E-state index < -0.39 is 35.3 Å². The quantitative estimate of drug-likeness (QED) is 0.119. The number of aromatic nitrogens is 4. The normalized spacial score (nSPS) is 17.3. The number of ether oxygens (including phenoxy) is 5. The first kappa shape index (κ1) is 53.2. The number of aliphatic carboxylic acids is 1. The number of hydrogen-bond donors (Lipinski definition) is 1. The molecule has 364 valence electrons. The lowest BCUT2D eigenvalue weighted by molar-refractivity contribution is -0.165. The highest BCUT2D eigenvalue weighted by molar-refractivity contribution is 9.10. The van der Waals surface area contributed by atoms with Gasteiger partial charge in [-0.05, 0) is 177 Å². The Hall–Kier alpha value is -4.74. The SMILES string of the molecule is C/C=C/B1OC(C)(C)C(C)(C)O1.C/C=C/c1nn(C)c(C(OC(C)(C)C)C(=O)O)c1-c1ccc2c(c1)CCCO2.COC(=O)C(OC(C)(C)C)c1c(-c2ccc3c(c2)CCCO3)c(Br)nn1C. The van der Waals surface area contributed by atoms with Crippen molar-refractivity contribution in [2.75, 3.05) is 20.3 Å². The molecule has 3 aliphatic heterocycles. The van der Waals surface area contributed by atoms with Gasteiger partial charge in [0, 0.05) is 25.2 Å². The number of halogens is 1. The van der Waals surface area contributed by atoms with Gasteiger partial charge in [-0.15, -0.1) is 0 Å². The molecular formula is C51H70BBrN4O10. The molecule has 4 aromatic rings. The van der Waals surface area contributed by atoms with E-state index in [9.17, 15) is 14.7 Å². The van der Waals surface area contributed by atoms with Crippen molar-refractivity contribution in [3.63, 3.8) is 0 Å². The molecule has 3 aliphatic rings. The van der Waals surface area contributed by atoms with Gasteiger partial charge in [0.15, 0.2) is 12.2 Å². The maximum atomic E-state index is 12.5. The van der Waals surface area contributed by atoms with E-state index in [1.807, 2.05) is 104 Å². The molecule has 1 saturated heterocycles. The van der Waals surface area contributed by atoms with Crippen LogP contribution in [-0.4, -0.2) is 86.5 Å². The van der Waals surface area contributed by atoms with Crippen molar-refractivity contribution in [1.82, 2.24) is 19.6 Å². The van der Waals surface area contributed by atoms with E-state index in [1.54, 1.807) is 23.5 Å². The molecule has 0 spiro atoms. The summed E-state index contributed by atoms with van der Waals surface area (Å²) in [6, 6.07) is 12.1. The standard InChI is InChI=1S/C22H28N2O4.C20H25BrN2O4.C9H17BO2/c1-6-8-16-18(15-10-11-17-14(13-15)9-7-12-27-17)19(24(5)23-16)20(21(25)26)28-22(2,3)4;1-20(2,3)27-17(19(24)25-5)16-15(18(21)22-23(16)4)13-8-9-14-12(11-13)7-6-10-26-14;1-6-7-10-11-8(2,3)9(4,5)12-10/h6,8,10-11,13,20H,7,9,12H2,1-5H3,(H,25,26);8-9,11,17H,6-7,10H2,1-5H3;6-7H,1-5H3/b8-6+;;7-6+. The summed E-state index contributed by atoms with van der Waals surface area (Å²) >= 11 is 3.55. The summed E-state index contributed by atoms with van der Waals surface area (Å²) in [5.74, 6) is 2.25. The molecule has 0 bridgehead atoms. The Labute approximate surface area is 405 Å². The van der Waals surface area contributed by atoms with Crippen LogP contribution in [0.25, 0.3) is 28.3 Å². The second kappa shape index (κ2) is 21.7. The van der Waals surface area contributed by atoms with Crippen molar-refractivity contribution < 1.29 is 47.7 Å². The van der Waals surface area contributed by atoms with Gasteiger partial charge in [-0.2, -0.15) is 10.2 Å². The van der Waals surface area contributed by atoms with Crippen LogP contribution < -0.4 is 9.47 Å². The predicted octanol–water partition coefficient (Wildman–Crippen LogP) is 10.8. The fraction of sp³-hybridized carbons (Fsp3) is 0.529. The molecule has 1 N–H and O–H groups in total. The van der Waals surface area contributed by atoms with Gasteiger partial charge in [0.05, 0.1) is 59.8 Å². The number of allylic oxidation sites excluding steroid dienone is 2. The molecule has 2 aromatic carbocycles. The van der Waals surface area contributed by atoms with Gasteiger partial charge in [-0.25, -0.2) is 9.59 Å². The van der Waals surface area contributed by atoms with Crippen molar-refractivity contribution in [1.29, 1.82) is 0 Å². The third-order valence-electron chi connectivity index (χ3n) is 11.6. The number of methoxy groups -OCH3 is 1. The summed E-state index contributed by atoms with van der Waals surface area (Å²) in [7, 11) is 4.74. The Morgan fingerprint density at radius 2 is 1.25 bits per heavy atom. The highest BCUT2D eigenvalue weighted by Crippen LogP contribution is 2.42. The van der Waals surface area contributed by atoms with Gasteiger partial charge in [-0.1, -0.05) is 30.3 Å². The van der Waals surface area contributed by atoms with Crippen LogP contribution in [0.2, 0.25) is 0 Å². The summed E-state index contributed by atoms with van der Waals surface area (Å²) in [5, 5.41) is 19.0. The third-order valence-corrected chi connectivity index (χ3v) is 12.1. The average molecular weight is 990 g/mol. The monoisotopic (exact) mass is 988 g/mol. The Morgan fingerprint density at radius 3 is 1.72 bits per heavy atom. The van der Waals surface area contributed by atoms with Crippen LogP contribution in [0.15, 0.2) is 59.1 Å². The number of aryl methyl sites for hydroxylation is 4. The Balaban J connectivity index is 0.000000203. The molecular weight excluding hydrogens is 919 g/mol. The summed E-state index contributed by atoms with van der Waals surface area (Å²) in [6.45, 7) is 24.8. The van der Waals surface area contributed by atoms with Crippen molar-refractivity contribution in [2.45, 2.75) is 143 Å². The van der Waals surface area contributed by atoms with E-state index in [4.69, 9.17) is 33.0 Å². The largest absolute Gasteiger partial charge is 0.493 e. The molecule has 16 heteroatoms. The molecule has 2 aromatic heterocycles. The number of carboxylic acids is 1. The van der Waals surface area contributed by atoms with Gasteiger partial charge < -0.3 is 38.1 Å². The number of carboxylic acid groups (broad SMARTS) is 1. The molecule has 67 heavy (non-hydrogen) atoms. The number of benzene rings is 2. The number of nitrogens with zero attached hydrogens (tertiary/aromatic N) is 4. The number of hydrogen-bond acceptors (Lipinski definition) is 11. The van der Waals surface area contributed by atoms with Crippen molar-refractivity contribution in [2.24, 2.45) is 14.1 Å². The van der Waals surface area contributed by atoms with E-state index in [2.05, 4.69) is 66.0 Å². The van der Waals surface area contributed by atoms with E-state index in [0.29, 0.717) is 16.0 Å². The summed E-state index contributed by atoms with van der Waals surface area (Å²) in [6.07, 6.45) is 7.61. The summed E-state index contributed by atoms with van der Waals surface area (Å²) < 4.78 is 43.8. The number of rotatable bonds is 10. The molecule has 0 saturated carbocycles. The fourth-order valence-electron chi connectivity index (χ4n) is 7.91. The Morgan fingerprint density at radius 1 is 0.776 bits per heavy atom.